The molecule has 0 aromatic carbocycles. The molecule has 0 bridgehead atoms. The van der Waals surface area contributed by atoms with Crippen LogP contribution in [0.15, 0.2) is 18.3 Å². The Hall–Kier alpha value is -1.39. The summed E-state index contributed by atoms with van der Waals surface area (Å²) in [5.41, 5.74) is 4.29. The molecule has 1 N–H and O–H groups in total. The van der Waals surface area contributed by atoms with Gasteiger partial charge in [-0.15, -0.1) is 0 Å². The van der Waals surface area contributed by atoms with Gasteiger partial charge in [0.05, 0.1) is 17.4 Å². The number of nitrogens with one attached hydrogen (secondary N) is 1. The van der Waals surface area contributed by atoms with Crippen molar-refractivity contribution in [1.82, 2.24) is 20.1 Å². The van der Waals surface area contributed by atoms with Gasteiger partial charge in [0.15, 0.2) is 0 Å². The van der Waals surface area contributed by atoms with Gasteiger partial charge in [-0.05, 0) is 38.9 Å². The molecule has 0 saturated carbocycles. The maximum Gasteiger partial charge on any atom is 0.130 e. The van der Waals surface area contributed by atoms with Gasteiger partial charge in [0, 0.05) is 18.8 Å². The fourth-order valence-electron chi connectivity index (χ4n) is 2.31. The molecule has 0 amide bonds. The first-order valence-electron chi connectivity index (χ1n) is 6.31. The number of hydrogen-bond acceptors (Lipinski definition) is 3. The second-order valence-corrected chi connectivity index (χ2v) is 5.09. The highest BCUT2D eigenvalue weighted by Gasteiger charge is 2.19. The van der Waals surface area contributed by atoms with Crippen LogP contribution < -0.4 is 5.32 Å². The van der Waals surface area contributed by atoms with Crippen LogP contribution in [0.4, 0.5) is 0 Å². The quantitative estimate of drug-likeness (QED) is 0.935. The Morgan fingerprint density at radius 1 is 1.42 bits per heavy atom. The first-order chi connectivity index (χ1) is 9.04. The zero-order chi connectivity index (χ0) is 14.0. The lowest BCUT2D eigenvalue weighted by atomic mass is 10.0. The molecule has 0 spiro atoms. The third-order valence-corrected chi connectivity index (χ3v) is 3.88. The molecule has 0 fully saturated rings. The van der Waals surface area contributed by atoms with E-state index in [0.717, 1.165) is 23.4 Å². The van der Waals surface area contributed by atoms with Gasteiger partial charge < -0.3 is 5.32 Å². The molecule has 2 aromatic rings. The second-order valence-electron chi connectivity index (χ2n) is 4.73. The highest BCUT2D eigenvalue weighted by Crippen LogP contribution is 2.25. The molecule has 0 aliphatic carbocycles. The normalized spacial score (nSPS) is 12.7. The molecule has 19 heavy (non-hydrogen) atoms. The van der Waals surface area contributed by atoms with Crippen molar-refractivity contribution >= 4 is 11.6 Å². The highest BCUT2D eigenvalue weighted by molar-refractivity contribution is 6.30. The number of rotatable bonds is 4. The number of likely N-dealkylation sites (N-methyl/N-ethyl adjacent to an activating group) is 1. The first kappa shape index (κ1) is 14.0. The van der Waals surface area contributed by atoms with Gasteiger partial charge in [-0.25, -0.2) is 0 Å². The van der Waals surface area contributed by atoms with Crippen LogP contribution in [-0.2, 0) is 13.5 Å². The van der Waals surface area contributed by atoms with E-state index in [2.05, 4.69) is 28.4 Å². The van der Waals surface area contributed by atoms with E-state index in [1.54, 1.807) is 4.68 Å². The molecule has 2 aromatic heterocycles. The number of aromatic nitrogens is 3. The van der Waals surface area contributed by atoms with Crippen LogP contribution >= 0.6 is 11.6 Å². The first-order valence-corrected chi connectivity index (χ1v) is 6.69. The maximum absolute atomic E-state index is 6.29. The van der Waals surface area contributed by atoms with Crippen molar-refractivity contribution in [2.24, 2.45) is 7.05 Å². The Kier molecular flexibility index (Phi) is 4.22. The van der Waals surface area contributed by atoms with Gasteiger partial charge in [0.25, 0.3) is 0 Å². The summed E-state index contributed by atoms with van der Waals surface area (Å²) in [6.07, 6.45) is 2.61. The largest absolute Gasteiger partial charge is 0.311 e. The molecule has 2 heterocycles. The number of pyridine rings is 1. The Balaban J connectivity index is 2.32. The summed E-state index contributed by atoms with van der Waals surface area (Å²) >= 11 is 6.29. The predicted molar refractivity (Wildman–Crippen MR) is 77.4 cm³/mol. The summed E-state index contributed by atoms with van der Waals surface area (Å²) in [4.78, 5) is 4.48. The van der Waals surface area contributed by atoms with Gasteiger partial charge in [0.1, 0.15) is 5.15 Å². The lowest BCUT2D eigenvalue weighted by Crippen LogP contribution is -2.21. The van der Waals surface area contributed by atoms with E-state index in [0.29, 0.717) is 5.15 Å². The summed E-state index contributed by atoms with van der Waals surface area (Å²) in [5.74, 6) is 0. The van der Waals surface area contributed by atoms with Crippen molar-refractivity contribution < 1.29 is 0 Å². The molecule has 1 unspecified atom stereocenters. The molecule has 0 saturated heterocycles. The van der Waals surface area contributed by atoms with E-state index in [4.69, 9.17) is 11.6 Å². The van der Waals surface area contributed by atoms with Gasteiger partial charge in [-0.3, -0.25) is 9.67 Å². The van der Waals surface area contributed by atoms with Crippen LogP contribution in [0.25, 0.3) is 0 Å². The summed E-state index contributed by atoms with van der Waals surface area (Å²) in [5, 5.41) is 8.36. The maximum atomic E-state index is 6.29. The van der Waals surface area contributed by atoms with Crippen LogP contribution in [0.5, 0.6) is 0 Å². The van der Waals surface area contributed by atoms with Crippen LogP contribution in [0.3, 0.4) is 0 Å². The van der Waals surface area contributed by atoms with Gasteiger partial charge >= 0.3 is 0 Å². The number of halogens is 1. The Labute approximate surface area is 118 Å². The van der Waals surface area contributed by atoms with Gasteiger partial charge in [-0.1, -0.05) is 17.7 Å². The Morgan fingerprint density at radius 2 is 2.16 bits per heavy atom. The fourth-order valence-corrected chi connectivity index (χ4v) is 2.56. The second kappa shape index (κ2) is 5.72. The average Bonchev–Trinajstić information content (AvgIpc) is 2.63. The van der Waals surface area contributed by atoms with E-state index in [1.807, 2.05) is 33.3 Å². The van der Waals surface area contributed by atoms with Crippen molar-refractivity contribution in [2.45, 2.75) is 26.3 Å². The lowest BCUT2D eigenvalue weighted by Gasteiger charge is -2.17. The van der Waals surface area contributed by atoms with Gasteiger partial charge in [0.2, 0.25) is 0 Å². The molecule has 0 aliphatic heterocycles. The molecule has 102 valence electrons. The lowest BCUT2D eigenvalue weighted by molar-refractivity contribution is 0.571. The van der Waals surface area contributed by atoms with Crippen molar-refractivity contribution in [2.75, 3.05) is 7.05 Å². The summed E-state index contributed by atoms with van der Waals surface area (Å²) in [7, 11) is 3.80. The molecular weight excluding hydrogens is 260 g/mol. The molecule has 4 nitrogen and oxygen atoms in total. The smallest absolute Gasteiger partial charge is 0.130 e. The predicted octanol–water partition coefficient (Wildman–Crippen LogP) is 2.59. The minimum absolute atomic E-state index is 0.140. The van der Waals surface area contributed by atoms with E-state index in [-0.39, 0.29) is 6.04 Å². The zero-order valence-electron chi connectivity index (χ0n) is 11.7. The molecule has 2 rings (SSSR count). The summed E-state index contributed by atoms with van der Waals surface area (Å²) < 4.78 is 1.71. The summed E-state index contributed by atoms with van der Waals surface area (Å²) in [6.45, 7) is 4.06. The standard InChI is InChI=1S/C14H19ClN4/c1-9-6-5-7-17-13(9)12(16-3)8-11-10(2)18-19(4)14(11)15/h5-7,12,16H,8H2,1-4H3. The summed E-state index contributed by atoms with van der Waals surface area (Å²) in [6, 6.07) is 4.17. The number of nitrogens with zero attached hydrogens (tertiary/aromatic N) is 3. The molecule has 0 aliphatic rings. The van der Waals surface area contributed by atoms with E-state index in [9.17, 15) is 0 Å². The minimum Gasteiger partial charge on any atom is -0.311 e. The number of aryl methyl sites for hydroxylation is 3. The van der Waals surface area contributed by atoms with Gasteiger partial charge in [-0.2, -0.15) is 5.10 Å². The molecule has 1 atom stereocenters. The van der Waals surface area contributed by atoms with Crippen LogP contribution in [0, 0.1) is 13.8 Å². The molecule has 5 heteroatoms. The van der Waals surface area contributed by atoms with Crippen molar-refractivity contribution in [1.29, 1.82) is 0 Å². The Bertz CT molecular complexity index is 577. The van der Waals surface area contributed by atoms with Crippen LogP contribution in [0.1, 0.15) is 28.6 Å². The zero-order valence-corrected chi connectivity index (χ0v) is 12.5. The van der Waals surface area contributed by atoms with E-state index >= 15 is 0 Å². The van der Waals surface area contributed by atoms with Crippen molar-refractivity contribution in [3.05, 3.63) is 46.0 Å². The van der Waals surface area contributed by atoms with E-state index in [1.165, 1.54) is 5.56 Å². The fraction of sp³-hybridized carbons (Fsp3) is 0.429. The SMILES string of the molecule is CNC(Cc1c(C)nn(C)c1Cl)c1ncccc1C. The highest BCUT2D eigenvalue weighted by atomic mass is 35.5. The number of hydrogen-bond donors (Lipinski definition) is 1. The average molecular weight is 279 g/mol. The molecule has 0 radical (unpaired) electrons. The Morgan fingerprint density at radius 3 is 2.68 bits per heavy atom. The van der Waals surface area contributed by atoms with Crippen molar-refractivity contribution in [3.63, 3.8) is 0 Å². The van der Waals surface area contributed by atoms with Crippen LogP contribution in [-0.4, -0.2) is 21.8 Å². The van der Waals surface area contributed by atoms with Crippen molar-refractivity contribution in [3.8, 4) is 0 Å². The third kappa shape index (κ3) is 2.80. The van der Waals surface area contributed by atoms with Crippen LogP contribution in [0.2, 0.25) is 5.15 Å². The monoisotopic (exact) mass is 278 g/mol. The van der Waals surface area contributed by atoms with E-state index < -0.39 is 0 Å². The topological polar surface area (TPSA) is 42.7 Å². The molecular formula is C14H19ClN4. The third-order valence-electron chi connectivity index (χ3n) is 3.41. The minimum atomic E-state index is 0.140.